The minimum absolute atomic E-state index is 0.0395. The van der Waals surface area contributed by atoms with Gasteiger partial charge in [0.1, 0.15) is 24.2 Å². The van der Waals surface area contributed by atoms with E-state index in [1.54, 1.807) is 56.3 Å². The lowest BCUT2D eigenvalue weighted by Crippen LogP contribution is -2.60. The van der Waals surface area contributed by atoms with E-state index in [0.717, 1.165) is 4.90 Å². The molecule has 46 heavy (non-hydrogen) atoms. The van der Waals surface area contributed by atoms with Crippen LogP contribution in [0.3, 0.4) is 0 Å². The Kier molecular flexibility index (Phi) is 12.1. The second kappa shape index (κ2) is 15.8. The Morgan fingerprint density at radius 1 is 0.761 bits per heavy atom. The number of imide groups is 1. The summed E-state index contributed by atoms with van der Waals surface area (Å²) >= 11 is 0. The van der Waals surface area contributed by atoms with Crippen LogP contribution in [0.2, 0.25) is 0 Å². The normalized spacial score (nSPS) is 15.1. The molecule has 0 saturated carbocycles. The molecule has 1 aliphatic heterocycles. The number of nitrogens with zero attached hydrogens (tertiary/aromatic N) is 1. The Labute approximate surface area is 267 Å². The SMILES string of the molecule is COC(=O)[C@H](CC(C)C)NC(=O)[C@@H](NC(=O)[C@H](CC(N)=O)NC(=O)[C@H](Cc1ccccc1)N1C(=O)c2ccccc2C1=O)C(C)C. The van der Waals surface area contributed by atoms with Gasteiger partial charge in [0.05, 0.1) is 24.7 Å². The maximum atomic E-state index is 13.9. The Bertz CT molecular complexity index is 1440. The van der Waals surface area contributed by atoms with Gasteiger partial charge in [-0.3, -0.25) is 33.7 Å². The summed E-state index contributed by atoms with van der Waals surface area (Å²) in [7, 11) is 1.20. The monoisotopic (exact) mass is 635 g/mol. The van der Waals surface area contributed by atoms with Crippen molar-refractivity contribution in [2.45, 2.75) is 71.1 Å². The minimum Gasteiger partial charge on any atom is -0.467 e. The lowest BCUT2D eigenvalue weighted by molar-refractivity contribution is -0.146. The van der Waals surface area contributed by atoms with Gasteiger partial charge in [0.25, 0.3) is 11.8 Å². The van der Waals surface area contributed by atoms with E-state index in [9.17, 15) is 33.6 Å². The van der Waals surface area contributed by atoms with E-state index in [-0.39, 0.29) is 29.9 Å². The van der Waals surface area contributed by atoms with Gasteiger partial charge in [0.2, 0.25) is 23.6 Å². The number of rotatable bonds is 15. The van der Waals surface area contributed by atoms with Crippen LogP contribution < -0.4 is 21.7 Å². The predicted molar refractivity (Wildman–Crippen MR) is 167 cm³/mol. The molecular weight excluding hydrogens is 594 g/mol. The molecule has 1 aliphatic rings. The predicted octanol–water partition coefficient (Wildman–Crippen LogP) is 1.10. The fourth-order valence-electron chi connectivity index (χ4n) is 5.19. The lowest BCUT2D eigenvalue weighted by atomic mass is 9.99. The summed E-state index contributed by atoms with van der Waals surface area (Å²) in [4.78, 5) is 92.5. The first-order chi connectivity index (χ1) is 21.7. The van der Waals surface area contributed by atoms with E-state index in [1.807, 2.05) is 13.8 Å². The first kappa shape index (κ1) is 35.4. The van der Waals surface area contributed by atoms with Gasteiger partial charge in [0.15, 0.2) is 0 Å². The average Bonchev–Trinajstić information content (AvgIpc) is 3.26. The summed E-state index contributed by atoms with van der Waals surface area (Å²) in [6.07, 6.45) is -0.425. The van der Waals surface area contributed by atoms with Crippen LogP contribution in [0.4, 0.5) is 0 Å². The quantitative estimate of drug-likeness (QED) is 0.165. The van der Waals surface area contributed by atoms with E-state index >= 15 is 0 Å². The molecule has 2 aromatic carbocycles. The van der Waals surface area contributed by atoms with Crippen LogP contribution in [0.1, 0.15) is 66.8 Å². The molecule has 0 radical (unpaired) electrons. The highest BCUT2D eigenvalue weighted by atomic mass is 16.5. The molecular formula is C33H41N5O8. The summed E-state index contributed by atoms with van der Waals surface area (Å²) in [5, 5.41) is 7.66. The number of hydrogen-bond acceptors (Lipinski definition) is 8. The third kappa shape index (κ3) is 8.77. The molecule has 0 fully saturated rings. The number of esters is 1. The van der Waals surface area contributed by atoms with Gasteiger partial charge in [-0.2, -0.15) is 0 Å². The molecule has 246 valence electrons. The van der Waals surface area contributed by atoms with Crippen molar-refractivity contribution < 1.29 is 38.3 Å². The number of nitrogens with one attached hydrogen (secondary N) is 3. The van der Waals surface area contributed by atoms with E-state index in [1.165, 1.54) is 19.2 Å². The summed E-state index contributed by atoms with van der Waals surface area (Å²) < 4.78 is 4.81. The summed E-state index contributed by atoms with van der Waals surface area (Å²) in [6.45, 7) is 7.07. The molecule has 4 atom stereocenters. The number of benzene rings is 2. The molecule has 0 unspecified atom stereocenters. The number of primary amides is 1. The van der Waals surface area contributed by atoms with Crippen LogP contribution in [-0.4, -0.2) is 77.6 Å². The molecule has 0 bridgehead atoms. The lowest BCUT2D eigenvalue weighted by Gasteiger charge is -2.29. The molecule has 6 amide bonds. The summed E-state index contributed by atoms with van der Waals surface area (Å²) in [5.41, 5.74) is 6.33. The molecule has 5 N–H and O–H groups in total. The Morgan fingerprint density at radius 2 is 1.30 bits per heavy atom. The fourth-order valence-corrected chi connectivity index (χ4v) is 5.19. The summed E-state index contributed by atoms with van der Waals surface area (Å²) in [5.74, 6) is -5.81. The Balaban J connectivity index is 1.87. The maximum Gasteiger partial charge on any atom is 0.328 e. The van der Waals surface area contributed by atoms with Gasteiger partial charge >= 0.3 is 5.97 Å². The molecule has 0 saturated heterocycles. The molecule has 3 rings (SSSR count). The van der Waals surface area contributed by atoms with Crippen molar-refractivity contribution in [3.63, 3.8) is 0 Å². The molecule has 0 aromatic heterocycles. The molecule has 13 nitrogen and oxygen atoms in total. The topological polar surface area (TPSA) is 194 Å². The number of methoxy groups -OCH3 is 1. The fraction of sp³-hybridized carbons (Fsp3) is 0.424. The van der Waals surface area contributed by atoms with Gasteiger partial charge in [0, 0.05) is 6.42 Å². The highest BCUT2D eigenvalue weighted by Crippen LogP contribution is 2.26. The van der Waals surface area contributed by atoms with Crippen LogP contribution in [0, 0.1) is 11.8 Å². The standard InChI is InChI=1S/C33H41N5O8/c1-18(2)15-24(33(45)46-5)36-30(42)27(19(3)4)37-28(40)23(17-26(34)39)35-29(41)25(16-20-11-7-6-8-12-20)38-31(43)21-13-9-10-14-22(21)32(38)44/h6-14,18-19,23-25,27H,15-17H2,1-5H3,(H2,34,39)(H,35,41)(H,36,42)(H,37,40)/t23-,24-,25-,27-/m0/s1. The third-order valence-electron chi connectivity index (χ3n) is 7.51. The van der Waals surface area contributed by atoms with Gasteiger partial charge < -0.3 is 26.4 Å². The first-order valence-corrected chi connectivity index (χ1v) is 15.0. The number of hydrogen-bond donors (Lipinski definition) is 4. The average molecular weight is 636 g/mol. The molecule has 0 spiro atoms. The number of nitrogens with two attached hydrogens (primary N) is 1. The van der Waals surface area contributed by atoms with Crippen LogP contribution in [0.15, 0.2) is 54.6 Å². The van der Waals surface area contributed by atoms with Crippen LogP contribution in [0.5, 0.6) is 0 Å². The van der Waals surface area contributed by atoms with Crippen LogP contribution in [-0.2, 0) is 35.1 Å². The smallest absolute Gasteiger partial charge is 0.328 e. The minimum atomic E-state index is -1.56. The number of carbonyl (C=O) groups is 7. The van der Waals surface area contributed by atoms with Crippen molar-refractivity contribution in [1.82, 2.24) is 20.9 Å². The van der Waals surface area contributed by atoms with Crippen molar-refractivity contribution in [1.29, 1.82) is 0 Å². The van der Waals surface area contributed by atoms with Gasteiger partial charge in [-0.15, -0.1) is 0 Å². The maximum absolute atomic E-state index is 13.9. The van der Waals surface area contributed by atoms with Crippen molar-refractivity contribution in [3.8, 4) is 0 Å². The highest BCUT2D eigenvalue weighted by molar-refractivity contribution is 6.23. The van der Waals surface area contributed by atoms with E-state index < -0.39 is 77.9 Å². The zero-order valence-electron chi connectivity index (χ0n) is 26.6. The van der Waals surface area contributed by atoms with E-state index in [4.69, 9.17) is 10.5 Å². The van der Waals surface area contributed by atoms with Gasteiger partial charge in [-0.25, -0.2) is 4.79 Å². The van der Waals surface area contributed by atoms with Crippen molar-refractivity contribution in [2.24, 2.45) is 17.6 Å². The molecule has 0 aliphatic carbocycles. The summed E-state index contributed by atoms with van der Waals surface area (Å²) in [6, 6.07) is 9.78. The highest BCUT2D eigenvalue weighted by Gasteiger charge is 2.43. The number of ether oxygens (including phenoxy) is 1. The third-order valence-corrected chi connectivity index (χ3v) is 7.51. The van der Waals surface area contributed by atoms with Crippen molar-refractivity contribution in [3.05, 3.63) is 71.3 Å². The van der Waals surface area contributed by atoms with Crippen LogP contribution in [0.25, 0.3) is 0 Å². The Morgan fingerprint density at radius 3 is 1.80 bits per heavy atom. The number of amides is 6. The Hall–Kier alpha value is -5.07. The number of fused-ring (bicyclic) bond motifs is 1. The molecule has 13 heteroatoms. The van der Waals surface area contributed by atoms with Gasteiger partial charge in [-0.1, -0.05) is 70.2 Å². The number of carbonyl (C=O) groups excluding carboxylic acids is 7. The molecule has 2 aromatic rings. The van der Waals surface area contributed by atoms with Crippen molar-refractivity contribution in [2.75, 3.05) is 7.11 Å². The second-order valence-corrected chi connectivity index (χ2v) is 11.9. The van der Waals surface area contributed by atoms with Gasteiger partial charge in [-0.05, 0) is 36.0 Å². The van der Waals surface area contributed by atoms with Crippen molar-refractivity contribution >= 4 is 41.4 Å². The second-order valence-electron chi connectivity index (χ2n) is 11.9. The largest absolute Gasteiger partial charge is 0.467 e. The first-order valence-electron chi connectivity index (χ1n) is 15.0. The molecule has 1 heterocycles. The van der Waals surface area contributed by atoms with Crippen LogP contribution >= 0.6 is 0 Å². The zero-order chi connectivity index (χ0) is 34.1. The zero-order valence-corrected chi connectivity index (χ0v) is 26.6. The van der Waals surface area contributed by atoms with E-state index in [2.05, 4.69) is 16.0 Å². The van der Waals surface area contributed by atoms with E-state index in [0.29, 0.717) is 5.56 Å².